The summed E-state index contributed by atoms with van der Waals surface area (Å²) in [6.07, 6.45) is 3.13. The highest BCUT2D eigenvalue weighted by Gasteiger charge is 2.19. The van der Waals surface area contributed by atoms with Gasteiger partial charge in [-0.2, -0.15) is 0 Å². The third-order valence-electron chi connectivity index (χ3n) is 6.36. The minimum Gasteiger partial charge on any atom is -0.478 e. The van der Waals surface area contributed by atoms with Gasteiger partial charge in [-0.1, -0.05) is 30.3 Å². The van der Waals surface area contributed by atoms with Gasteiger partial charge in [-0.05, 0) is 54.6 Å². The lowest BCUT2D eigenvalue weighted by Gasteiger charge is -2.11. The number of carboxylic acid groups (broad SMARTS) is 1. The Morgan fingerprint density at radius 2 is 1.73 bits per heavy atom. The van der Waals surface area contributed by atoms with E-state index < -0.39 is 23.3 Å². The van der Waals surface area contributed by atoms with Gasteiger partial charge in [0.2, 0.25) is 0 Å². The molecule has 0 fully saturated rings. The summed E-state index contributed by atoms with van der Waals surface area (Å²) in [4.78, 5) is 42.0. The van der Waals surface area contributed by atoms with Gasteiger partial charge in [-0.15, -0.1) is 0 Å². The Hall–Kier alpha value is -5.97. The van der Waals surface area contributed by atoms with E-state index in [-0.39, 0.29) is 11.4 Å². The van der Waals surface area contributed by atoms with Gasteiger partial charge in [0.25, 0.3) is 5.91 Å². The molecule has 4 N–H and O–H groups in total. The number of anilines is 2. The van der Waals surface area contributed by atoms with E-state index >= 15 is 0 Å². The highest BCUT2D eigenvalue weighted by atomic mass is 19.1. The van der Waals surface area contributed by atoms with E-state index in [9.17, 15) is 14.0 Å². The summed E-state index contributed by atoms with van der Waals surface area (Å²) >= 11 is 0. The van der Waals surface area contributed by atoms with E-state index in [4.69, 9.17) is 20.8 Å². The van der Waals surface area contributed by atoms with Crippen LogP contribution in [0.2, 0.25) is 0 Å². The summed E-state index contributed by atoms with van der Waals surface area (Å²) in [7, 11) is 0. The third kappa shape index (κ3) is 4.83. The fourth-order valence-corrected chi connectivity index (χ4v) is 4.37. The lowest BCUT2D eigenvalue weighted by molar-refractivity contribution is 0.0691. The normalized spacial score (nSPS) is 11.0. The first-order chi connectivity index (χ1) is 19.9. The van der Waals surface area contributed by atoms with Crippen LogP contribution in [0.1, 0.15) is 20.7 Å². The summed E-state index contributed by atoms with van der Waals surface area (Å²) in [5.74, 6) is -2.07. The first-order valence-electron chi connectivity index (χ1n) is 12.4. The molecule has 1 amide bonds. The van der Waals surface area contributed by atoms with Crippen LogP contribution in [0.4, 0.5) is 16.0 Å². The molecule has 0 radical (unpaired) electrons. The van der Waals surface area contributed by atoms with Crippen LogP contribution >= 0.6 is 0 Å². The van der Waals surface area contributed by atoms with Crippen molar-refractivity contribution in [1.82, 2.24) is 24.5 Å². The Bertz CT molecular complexity index is 1940. The van der Waals surface area contributed by atoms with Crippen molar-refractivity contribution in [3.63, 3.8) is 0 Å². The number of nitrogens with one attached hydrogen (secondary N) is 1. The summed E-state index contributed by atoms with van der Waals surface area (Å²) in [5.41, 5.74) is 9.73. The van der Waals surface area contributed by atoms with Crippen molar-refractivity contribution in [3.8, 4) is 28.3 Å². The van der Waals surface area contributed by atoms with E-state index in [1.807, 2.05) is 53.1 Å². The fraction of sp³-hybridized carbons (Fsp3) is 0. The molecule has 4 heterocycles. The topological polar surface area (TPSA) is 149 Å². The molecule has 6 rings (SSSR count). The van der Waals surface area contributed by atoms with Crippen molar-refractivity contribution in [3.05, 3.63) is 114 Å². The van der Waals surface area contributed by atoms with Crippen LogP contribution in [0.25, 0.3) is 39.5 Å². The number of carboxylic acids is 1. The van der Waals surface area contributed by atoms with Crippen LogP contribution in [0.5, 0.6) is 0 Å². The molecule has 200 valence electrons. The van der Waals surface area contributed by atoms with E-state index in [0.717, 1.165) is 23.4 Å². The number of aromatic carboxylic acids is 1. The minimum atomic E-state index is -1.42. The van der Waals surface area contributed by atoms with E-state index in [1.165, 1.54) is 12.3 Å². The smallest absolute Gasteiger partial charge is 0.338 e. The number of carbonyl (C=O) groups is 2. The van der Waals surface area contributed by atoms with Crippen LogP contribution in [0, 0.1) is 5.82 Å². The average molecular weight is 546 g/mol. The number of pyridine rings is 3. The molecule has 11 heteroatoms. The molecule has 2 aromatic carbocycles. The number of amides is 1. The molecule has 4 aromatic heterocycles. The molecular weight excluding hydrogens is 525 g/mol. The fourth-order valence-electron chi connectivity index (χ4n) is 4.37. The number of hydrogen-bond donors (Lipinski definition) is 3. The van der Waals surface area contributed by atoms with E-state index in [0.29, 0.717) is 34.1 Å². The standard InChI is InChI=1S/C30H20FN7O3/c31-22-15-18(8-10-20(22)30(40)41)29(39)37-25-13-9-19(16-34-25)38-27(21-7-4-14-33-26(21)32)36-24-12-11-23(35-28(24)38)17-5-2-1-3-6-17/h1-16H,(H2,32,33)(H,40,41)(H,34,37,39). The number of hydrogen-bond acceptors (Lipinski definition) is 7. The second kappa shape index (κ2) is 10.3. The van der Waals surface area contributed by atoms with Crippen molar-refractivity contribution >= 4 is 34.7 Å². The van der Waals surface area contributed by atoms with Crippen LogP contribution < -0.4 is 11.1 Å². The maximum absolute atomic E-state index is 14.1. The monoisotopic (exact) mass is 545 g/mol. The van der Waals surface area contributed by atoms with E-state index in [2.05, 4.69) is 15.3 Å². The Balaban J connectivity index is 1.39. The molecule has 0 saturated heterocycles. The number of imidazole rings is 1. The number of fused-ring (bicyclic) bond motifs is 1. The maximum atomic E-state index is 14.1. The summed E-state index contributed by atoms with van der Waals surface area (Å²) in [6.45, 7) is 0. The number of nitrogens with two attached hydrogens (primary N) is 1. The first-order valence-corrected chi connectivity index (χ1v) is 12.4. The van der Waals surface area contributed by atoms with Crippen molar-refractivity contribution in [2.24, 2.45) is 0 Å². The van der Waals surface area contributed by atoms with Gasteiger partial charge in [-0.3, -0.25) is 9.36 Å². The number of nitrogens with zero attached hydrogens (tertiary/aromatic N) is 5. The minimum absolute atomic E-state index is 0.0500. The summed E-state index contributed by atoms with van der Waals surface area (Å²) in [6, 6.07) is 23.5. The lowest BCUT2D eigenvalue weighted by Crippen LogP contribution is -2.14. The highest BCUT2D eigenvalue weighted by molar-refractivity contribution is 6.04. The maximum Gasteiger partial charge on any atom is 0.338 e. The number of carbonyl (C=O) groups excluding carboxylic acids is 1. The third-order valence-corrected chi connectivity index (χ3v) is 6.36. The highest BCUT2D eigenvalue weighted by Crippen LogP contribution is 2.31. The van der Waals surface area contributed by atoms with Gasteiger partial charge >= 0.3 is 5.97 Å². The SMILES string of the molecule is Nc1ncccc1-c1nc2ccc(-c3ccccc3)nc2n1-c1ccc(NC(=O)c2ccc(C(=O)O)c(F)c2)nc1. The van der Waals surface area contributed by atoms with Crippen molar-refractivity contribution in [1.29, 1.82) is 0 Å². The zero-order valence-electron chi connectivity index (χ0n) is 21.2. The van der Waals surface area contributed by atoms with Crippen molar-refractivity contribution in [2.45, 2.75) is 0 Å². The first kappa shape index (κ1) is 25.3. The second-order valence-electron chi connectivity index (χ2n) is 8.97. The van der Waals surface area contributed by atoms with Gasteiger partial charge in [-0.25, -0.2) is 29.1 Å². The Labute approximate surface area is 232 Å². The van der Waals surface area contributed by atoms with Gasteiger partial charge in [0.05, 0.1) is 28.7 Å². The molecule has 0 bridgehead atoms. The van der Waals surface area contributed by atoms with Gasteiger partial charge < -0.3 is 16.2 Å². The molecule has 6 aromatic rings. The molecule has 0 unspecified atom stereocenters. The van der Waals surface area contributed by atoms with Gasteiger partial charge in [0, 0.05) is 17.3 Å². The zero-order chi connectivity index (χ0) is 28.5. The Morgan fingerprint density at radius 3 is 2.44 bits per heavy atom. The van der Waals surface area contributed by atoms with Gasteiger partial charge in [0.1, 0.15) is 23.0 Å². The largest absolute Gasteiger partial charge is 0.478 e. The lowest BCUT2D eigenvalue weighted by atomic mass is 10.1. The molecule has 41 heavy (non-hydrogen) atoms. The number of nitrogen functional groups attached to an aromatic ring is 1. The number of rotatable bonds is 6. The second-order valence-corrected chi connectivity index (χ2v) is 8.97. The van der Waals surface area contributed by atoms with Crippen LogP contribution in [-0.4, -0.2) is 41.5 Å². The van der Waals surface area contributed by atoms with Crippen molar-refractivity contribution in [2.75, 3.05) is 11.1 Å². The molecule has 10 nitrogen and oxygen atoms in total. The molecule has 0 aliphatic heterocycles. The molecule has 0 atom stereocenters. The van der Waals surface area contributed by atoms with E-state index in [1.54, 1.807) is 24.4 Å². The summed E-state index contributed by atoms with van der Waals surface area (Å²) < 4.78 is 15.9. The predicted molar refractivity (Wildman–Crippen MR) is 151 cm³/mol. The molecule has 0 saturated carbocycles. The van der Waals surface area contributed by atoms with Crippen LogP contribution in [-0.2, 0) is 0 Å². The molecule has 0 spiro atoms. The average Bonchev–Trinajstić information content (AvgIpc) is 3.36. The van der Waals surface area contributed by atoms with Crippen LogP contribution in [0.3, 0.4) is 0 Å². The molecular formula is C30H20FN7O3. The Morgan fingerprint density at radius 1 is 0.902 bits per heavy atom. The number of aromatic nitrogens is 5. The Kier molecular flexibility index (Phi) is 6.36. The van der Waals surface area contributed by atoms with Crippen LogP contribution in [0.15, 0.2) is 97.3 Å². The molecule has 0 aliphatic carbocycles. The number of benzene rings is 2. The van der Waals surface area contributed by atoms with Gasteiger partial charge in [0.15, 0.2) is 11.5 Å². The summed E-state index contributed by atoms with van der Waals surface area (Å²) in [5, 5.41) is 11.6. The molecule has 0 aliphatic rings. The quantitative estimate of drug-likeness (QED) is 0.258. The van der Waals surface area contributed by atoms with Crippen molar-refractivity contribution < 1.29 is 19.1 Å². The predicted octanol–water partition coefficient (Wildman–Crippen LogP) is 5.22. The number of halogens is 1. The zero-order valence-corrected chi connectivity index (χ0v) is 21.2.